The number of likely N-dealkylation sites (tertiary alicyclic amines) is 1. The Kier molecular flexibility index (Phi) is 6.05. The molecule has 0 saturated carbocycles. The molecule has 1 aromatic rings. The zero-order valence-corrected chi connectivity index (χ0v) is 14.2. The molecule has 138 valence electrons. The van der Waals surface area contributed by atoms with Crippen molar-refractivity contribution >= 4 is 23.2 Å². The Bertz CT molecular complexity index is 617. The molecular formula is C17H22F3N3O2. The summed E-state index contributed by atoms with van der Waals surface area (Å²) in [7, 11) is 0. The second-order valence-corrected chi connectivity index (χ2v) is 6.30. The molecule has 0 aliphatic carbocycles. The number of carbonyl (C=O) groups excluding carboxylic acids is 2. The van der Waals surface area contributed by atoms with Crippen molar-refractivity contribution in [3.05, 3.63) is 24.3 Å². The van der Waals surface area contributed by atoms with E-state index in [1.807, 2.05) is 0 Å². The molecule has 1 fully saturated rings. The Hall–Kier alpha value is -2.09. The highest BCUT2D eigenvalue weighted by Gasteiger charge is 2.43. The van der Waals surface area contributed by atoms with Crippen LogP contribution in [0.3, 0.4) is 0 Å². The van der Waals surface area contributed by atoms with Gasteiger partial charge in [-0.3, -0.25) is 14.5 Å². The first-order valence-electron chi connectivity index (χ1n) is 8.16. The molecule has 2 unspecified atom stereocenters. The van der Waals surface area contributed by atoms with E-state index in [1.165, 1.54) is 6.92 Å². The minimum Gasteiger partial charge on any atom is -0.326 e. The van der Waals surface area contributed by atoms with Gasteiger partial charge in [0.25, 0.3) is 0 Å². The number of rotatable bonds is 4. The van der Waals surface area contributed by atoms with E-state index < -0.39 is 18.1 Å². The summed E-state index contributed by atoms with van der Waals surface area (Å²) in [6.45, 7) is 3.33. The molecule has 1 aliphatic heterocycles. The highest BCUT2D eigenvalue weighted by molar-refractivity contribution is 5.95. The first-order chi connectivity index (χ1) is 11.7. The third-order valence-electron chi connectivity index (χ3n) is 4.32. The summed E-state index contributed by atoms with van der Waals surface area (Å²) in [5.41, 5.74) is 1.12. The molecule has 5 nitrogen and oxygen atoms in total. The average molecular weight is 357 g/mol. The van der Waals surface area contributed by atoms with Crippen LogP contribution in [0.25, 0.3) is 0 Å². The van der Waals surface area contributed by atoms with Crippen molar-refractivity contribution in [3.8, 4) is 0 Å². The molecule has 2 amide bonds. The van der Waals surface area contributed by atoms with E-state index in [0.29, 0.717) is 24.3 Å². The van der Waals surface area contributed by atoms with Crippen LogP contribution in [0.1, 0.15) is 26.7 Å². The molecule has 1 aromatic carbocycles. The Balaban J connectivity index is 1.94. The van der Waals surface area contributed by atoms with Gasteiger partial charge in [-0.25, -0.2) is 0 Å². The van der Waals surface area contributed by atoms with Gasteiger partial charge in [-0.1, -0.05) is 0 Å². The highest BCUT2D eigenvalue weighted by Crippen LogP contribution is 2.33. The molecule has 0 spiro atoms. The largest absolute Gasteiger partial charge is 0.393 e. The smallest absolute Gasteiger partial charge is 0.326 e. The molecule has 1 heterocycles. The quantitative estimate of drug-likeness (QED) is 0.870. The normalized spacial score (nSPS) is 20.0. The van der Waals surface area contributed by atoms with Crippen LogP contribution in [0.15, 0.2) is 24.3 Å². The third kappa shape index (κ3) is 5.45. The van der Waals surface area contributed by atoms with Crippen molar-refractivity contribution < 1.29 is 22.8 Å². The van der Waals surface area contributed by atoms with Gasteiger partial charge in [-0.05, 0) is 50.6 Å². The minimum atomic E-state index is -4.23. The van der Waals surface area contributed by atoms with E-state index >= 15 is 0 Å². The lowest BCUT2D eigenvalue weighted by Gasteiger charge is -2.36. The highest BCUT2D eigenvalue weighted by atomic mass is 19.4. The second-order valence-electron chi connectivity index (χ2n) is 6.30. The molecule has 25 heavy (non-hydrogen) atoms. The van der Waals surface area contributed by atoms with Crippen LogP contribution in [0, 0.1) is 5.92 Å². The van der Waals surface area contributed by atoms with Crippen molar-refractivity contribution in [3.63, 3.8) is 0 Å². The number of halogens is 3. The van der Waals surface area contributed by atoms with Gasteiger partial charge in [0.2, 0.25) is 11.8 Å². The maximum atomic E-state index is 12.9. The number of alkyl halides is 3. The molecule has 2 atom stereocenters. The Morgan fingerprint density at radius 1 is 1.16 bits per heavy atom. The molecule has 1 aliphatic rings. The van der Waals surface area contributed by atoms with Gasteiger partial charge in [0.1, 0.15) is 0 Å². The number of benzene rings is 1. The summed E-state index contributed by atoms with van der Waals surface area (Å²) < 4.78 is 38.7. The van der Waals surface area contributed by atoms with Gasteiger partial charge in [0.05, 0.1) is 12.0 Å². The third-order valence-corrected chi connectivity index (χ3v) is 4.32. The van der Waals surface area contributed by atoms with Crippen molar-refractivity contribution in [2.24, 2.45) is 5.92 Å². The maximum Gasteiger partial charge on any atom is 0.393 e. The number of carbonyl (C=O) groups is 2. The van der Waals surface area contributed by atoms with Gasteiger partial charge in [-0.2, -0.15) is 13.2 Å². The van der Waals surface area contributed by atoms with E-state index in [0.717, 1.165) is 0 Å². The number of hydrogen-bond acceptors (Lipinski definition) is 3. The predicted molar refractivity (Wildman–Crippen MR) is 89.2 cm³/mol. The lowest BCUT2D eigenvalue weighted by atomic mass is 9.96. The average Bonchev–Trinajstić information content (AvgIpc) is 2.55. The van der Waals surface area contributed by atoms with Crippen molar-refractivity contribution in [1.82, 2.24) is 4.90 Å². The van der Waals surface area contributed by atoms with Crippen LogP contribution in [-0.2, 0) is 9.59 Å². The zero-order valence-electron chi connectivity index (χ0n) is 14.2. The summed E-state index contributed by atoms with van der Waals surface area (Å²) in [5.74, 6) is -1.93. The lowest BCUT2D eigenvalue weighted by molar-refractivity contribution is -0.188. The number of nitrogens with zero attached hydrogens (tertiary/aromatic N) is 1. The summed E-state index contributed by atoms with van der Waals surface area (Å²) in [4.78, 5) is 24.9. The fourth-order valence-electron chi connectivity index (χ4n) is 2.88. The van der Waals surface area contributed by atoms with Crippen molar-refractivity contribution in [2.75, 3.05) is 23.7 Å². The number of anilines is 2. The molecule has 2 rings (SSSR count). The summed E-state index contributed by atoms with van der Waals surface area (Å²) in [6, 6.07) is 5.89. The SMILES string of the molecule is CC(=O)Nc1ccc(NC(=O)C(C)N2CCCC(C(F)(F)F)C2)cc1. The van der Waals surface area contributed by atoms with Crippen LogP contribution in [0.2, 0.25) is 0 Å². The zero-order chi connectivity index (χ0) is 18.6. The summed E-state index contributed by atoms with van der Waals surface area (Å²) >= 11 is 0. The van der Waals surface area contributed by atoms with E-state index in [4.69, 9.17) is 0 Å². The van der Waals surface area contributed by atoms with Crippen molar-refractivity contribution in [2.45, 2.75) is 38.9 Å². The number of nitrogens with one attached hydrogen (secondary N) is 2. The minimum absolute atomic E-state index is 0.110. The lowest BCUT2D eigenvalue weighted by Crippen LogP contribution is -2.49. The first-order valence-corrected chi connectivity index (χ1v) is 8.16. The fraction of sp³-hybridized carbons (Fsp3) is 0.529. The van der Waals surface area contributed by atoms with E-state index in [2.05, 4.69) is 10.6 Å². The summed E-state index contributed by atoms with van der Waals surface area (Å²) in [5, 5.41) is 5.31. The van der Waals surface area contributed by atoms with Crippen LogP contribution >= 0.6 is 0 Å². The first kappa shape index (κ1) is 19.2. The van der Waals surface area contributed by atoms with Gasteiger partial charge in [0, 0.05) is 24.8 Å². The number of hydrogen-bond donors (Lipinski definition) is 2. The van der Waals surface area contributed by atoms with E-state index in [9.17, 15) is 22.8 Å². The van der Waals surface area contributed by atoms with Crippen molar-refractivity contribution in [1.29, 1.82) is 0 Å². The molecule has 0 radical (unpaired) electrons. The van der Waals surface area contributed by atoms with Gasteiger partial charge < -0.3 is 10.6 Å². The van der Waals surface area contributed by atoms with Crippen LogP contribution in [0.5, 0.6) is 0 Å². The Morgan fingerprint density at radius 2 is 1.72 bits per heavy atom. The number of amides is 2. The van der Waals surface area contributed by atoms with Gasteiger partial charge >= 0.3 is 6.18 Å². The molecule has 8 heteroatoms. The fourth-order valence-corrected chi connectivity index (χ4v) is 2.88. The van der Waals surface area contributed by atoms with Crippen LogP contribution in [0.4, 0.5) is 24.5 Å². The topological polar surface area (TPSA) is 61.4 Å². The Morgan fingerprint density at radius 3 is 2.24 bits per heavy atom. The monoisotopic (exact) mass is 357 g/mol. The second kappa shape index (κ2) is 7.86. The van der Waals surface area contributed by atoms with Crippen LogP contribution < -0.4 is 10.6 Å². The maximum absolute atomic E-state index is 12.9. The standard InChI is InChI=1S/C17H22F3N3O2/c1-11(23-9-3-4-13(10-23)17(18,19)20)16(25)22-15-7-5-14(6-8-15)21-12(2)24/h5-8,11,13H,3-4,9-10H2,1-2H3,(H,21,24)(H,22,25). The van der Waals surface area contributed by atoms with Gasteiger partial charge in [-0.15, -0.1) is 0 Å². The van der Waals surface area contributed by atoms with E-state index in [-0.39, 0.29) is 24.8 Å². The molecular weight excluding hydrogens is 335 g/mol. The molecule has 0 aromatic heterocycles. The van der Waals surface area contributed by atoms with E-state index in [1.54, 1.807) is 36.1 Å². The molecule has 1 saturated heterocycles. The summed E-state index contributed by atoms with van der Waals surface area (Å²) in [6.07, 6.45) is -3.69. The van der Waals surface area contributed by atoms with Crippen LogP contribution in [-0.4, -0.2) is 42.0 Å². The Labute approximate surface area is 144 Å². The van der Waals surface area contributed by atoms with Gasteiger partial charge in [0.15, 0.2) is 0 Å². The molecule has 2 N–H and O–H groups in total. The molecule has 0 bridgehead atoms. The predicted octanol–water partition coefficient (Wildman–Crippen LogP) is 3.25. The number of piperidine rings is 1.